The first-order valence-electron chi connectivity index (χ1n) is 8.21. The van der Waals surface area contributed by atoms with E-state index < -0.39 is 25.1 Å². The molecule has 0 aromatic heterocycles. The van der Waals surface area contributed by atoms with Gasteiger partial charge in [-0.2, -0.15) is 0 Å². The number of primary amides is 1. The third kappa shape index (κ3) is 8.14. The number of hydrogen-bond donors (Lipinski definition) is 4. The molecular weight excluding hydrogens is 410 g/mol. The zero-order chi connectivity index (χ0) is 19.9. The number of benzene rings is 2. The summed E-state index contributed by atoms with van der Waals surface area (Å²) in [6.07, 6.45) is 1.11. The SMILES string of the molecule is NC(=O)C(C(=O)NCCCc1cccc(Oc2ccccc2)c1)P(=O)(O)O.[K]. The van der Waals surface area contributed by atoms with Crippen LogP contribution in [0.15, 0.2) is 54.6 Å². The first kappa shape index (κ1) is 25.0. The molecule has 0 heterocycles. The molecule has 0 aliphatic carbocycles. The number of carbonyl (C=O) groups is 2. The standard InChI is InChI=1S/C18H21N2O6P.K/c19-17(21)16(27(23,24)25)18(22)20-11-5-7-13-6-4-10-15(12-13)26-14-8-2-1-3-9-14;/h1-4,6,8-10,12,16H,5,7,11H2,(H2,19,21)(H,20,22)(H2,23,24,25);. The summed E-state index contributed by atoms with van der Waals surface area (Å²) in [5.74, 6) is -1.03. The number of aryl methyl sites for hydroxylation is 1. The Balaban J connectivity index is 0.00000392. The topological polar surface area (TPSA) is 139 Å². The maximum Gasteiger partial charge on any atom is 0.347 e. The van der Waals surface area contributed by atoms with Gasteiger partial charge in [-0.1, -0.05) is 30.3 Å². The van der Waals surface area contributed by atoms with Crippen molar-refractivity contribution in [3.63, 3.8) is 0 Å². The molecule has 0 aliphatic heterocycles. The Bertz CT molecular complexity index is 843. The van der Waals surface area contributed by atoms with Crippen molar-refractivity contribution in [2.24, 2.45) is 5.73 Å². The molecule has 0 saturated carbocycles. The van der Waals surface area contributed by atoms with Crippen LogP contribution in [-0.2, 0) is 20.6 Å². The van der Waals surface area contributed by atoms with Gasteiger partial charge in [0.15, 0.2) is 0 Å². The van der Waals surface area contributed by atoms with Crippen LogP contribution in [0.4, 0.5) is 0 Å². The molecule has 28 heavy (non-hydrogen) atoms. The van der Waals surface area contributed by atoms with Crippen molar-refractivity contribution in [2.75, 3.05) is 6.54 Å². The molecule has 8 nitrogen and oxygen atoms in total. The van der Waals surface area contributed by atoms with Gasteiger partial charge >= 0.3 is 7.60 Å². The molecule has 1 radical (unpaired) electrons. The van der Waals surface area contributed by atoms with Crippen LogP contribution in [0.1, 0.15) is 12.0 Å². The molecule has 0 bridgehead atoms. The fraction of sp³-hybridized carbons (Fsp3) is 0.222. The van der Waals surface area contributed by atoms with Crippen LogP contribution < -0.4 is 15.8 Å². The number of nitrogens with one attached hydrogen (secondary N) is 1. The van der Waals surface area contributed by atoms with Crippen LogP contribution in [0, 0.1) is 0 Å². The van der Waals surface area contributed by atoms with Gasteiger partial charge in [0.05, 0.1) is 0 Å². The second-order valence-corrected chi connectivity index (χ2v) is 7.55. The third-order valence-corrected chi connectivity index (χ3v) is 4.83. The van der Waals surface area contributed by atoms with Gasteiger partial charge in [0.2, 0.25) is 17.5 Å². The normalized spacial score (nSPS) is 11.8. The summed E-state index contributed by atoms with van der Waals surface area (Å²) in [6, 6.07) is 16.8. The van der Waals surface area contributed by atoms with Crippen molar-refractivity contribution < 1.29 is 28.7 Å². The number of ether oxygens (including phenoxy) is 1. The largest absolute Gasteiger partial charge is 0.457 e. The Labute approximate surface area is 205 Å². The van der Waals surface area contributed by atoms with Gasteiger partial charge in [-0.15, -0.1) is 0 Å². The second-order valence-electron chi connectivity index (χ2n) is 5.85. The van der Waals surface area contributed by atoms with E-state index in [1.54, 1.807) is 0 Å². The van der Waals surface area contributed by atoms with E-state index in [9.17, 15) is 14.2 Å². The van der Waals surface area contributed by atoms with Crippen LogP contribution >= 0.6 is 7.60 Å². The van der Waals surface area contributed by atoms with Gasteiger partial charge in [-0.25, -0.2) is 0 Å². The van der Waals surface area contributed by atoms with E-state index in [0.29, 0.717) is 18.6 Å². The fourth-order valence-electron chi connectivity index (χ4n) is 2.44. The molecule has 0 fully saturated rings. The predicted octanol–water partition coefficient (Wildman–Crippen LogP) is 1.18. The molecule has 0 aliphatic rings. The Morgan fingerprint density at radius 1 is 1.07 bits per heavy atom. The Hall–Kier alpha value is -1.03. The van der Waals surface area contributed by atoms with Crippen molar-refractivity contribution in [2.45, 2.75) is 18.5 Å². The molecule has 0 spiro atoms. The van der Waals surface area contributed by atoms with E-state index in [1.807, 2.05) is 54.6 Å². The molecule has 2 rings (SSSR count). The molecule has 10 heteroatoms. The Morgan fingerprint density at radius 3 is 2.32 bits per heavy atom. The molecule has 2 aromatic carbocycles. The van der Waals surface area contributed by atoms with Crippen LogP contribution in [0.2, 0.25) is 0 Å². The van der Waals surface area contributed by atoms with Gasteiger partial charge in [0.1, 0.15) is 11.5 Å². The zero-order valence-electron chi connectivity index (χ0n) is 15.4. The van der Waals surface area contributed by atoms with Crippen LogP contribution in [-0.4, -0.2) is 85.2 Å². The molecule has 2 amide bonds. The summed E-state index contributed by atoms with van der Waals surface area (Å²) < 4.78 is 16.9. The summed E-state index contributed by atoms with van der Waals surface area (Å²) in [5.41, 5.74) is 3.70. The Morgan fingerprint density at radius 2 is 1.71 bits per heavy atom. The minimum Gasteiger partial charge on any atom is -0.457 e. The minimum absolute atomic E-state index is 0. The van der Waals surface area contributed by atoms with E-state index in [1.165, 1.54) is 0 Å². The molecule has 145 valence electrons. The van der Waals surface area contributed by atoms with Crippen molar-refractivity contribution in [3.05, 3.63) is 60.2 Å². The van der Waals surface area contributed by atoms with Crippen LogP contribution in [0.25, 0.3) is 0 Å². The van der Waals surface area contributed by atoms with Gasteiger partial charge in [0, 0.05) is 57.9 Å². The average molecular weight is 431 g/mol. The average Bonchev–Trinajstić information content (AvgIpc) is 2.58. The number of rotatable bonds is 9. The zero-order valence-corrected chi connectivity index (χ0v) is 19.5. The summed E-state index contributed by atoms with van der Waals surface area (Å²) in [6.45, 7) is 0.145. The van der Waals surface area contributed by atoms with E-state index in [4.69, 9.17) is 20.3 Å². The van der Waals surface area contributed by atoms with E-state index >= 15 is 0 Å². The summed E-state index contributed by atoms with van der Waals surface area (Å²) >= 11 is 0. The molecule has 5 N–H and O–H groups in total. The van der Waals surface area contributed by atoms with Gasteiger partial charge < -0.3 is 25.6 Å². The monoisotopic (exact) mass is 431 g/mol. The fourth-order valence-corrected chi connectivity index (χ4v) is 3.17. The van der Waals surface area contributed by atoms with Crippen molar-refractivity contribution in [1.29, 1.82) is 0 Å². The van der Waals surface area contributed by atoms with Crippen molar-refractivity contribution in [3.8, 4) is 11.5 Å². The molecule has 0 saturated heterocycles. The third-order valence-electron chi connectivity index (χ3n) is 3.67. The first-order chi connectivity index (χ1) is 12.8. The number of amides is 2. The van der Waals surface area contributed by atoms with Gasteiger partial charge in [-0.05, 0) is 42.7 Å². The molecular formula is C18H21KN2O6P. The number of nitrogens with two attached hydrogens (primary N) is 1. The summed E-state index contributed by atoms with van der Waals surface area (Å²) in [5, 5.41) is 2.33. The van der Waals surface area contributed by atoms with Gasteiger partial charge in [0.25, 0.3) is 0 Å². The van der Waals surface area contributed by atoms with Gasteiger partial charge in [-0.3, -0.25) is 14.2 Å². The maximum atomic E-state index is 11.8. The van der Waals surface area contributed by atoms with Crippen LogP contribution in [0.3, 0.4) is 0 Å². The quantitative estimate of drug-likeness (QED) is 0.204. The maximum absolute atomic E-state index is 11.8. The molecule has 1 atom stereocenters. The van der Waals surface area contributed by atoms with Crippen molar-refractivity contribution in [1.82, 2.24) is 5.32 Å². The van der Waals surface area contributed by atoms with Crippen molar-refractivity contribution >= 4 is 70.8 Å². The number of para-hydroxylation sites is 1. The van der Waals surface area contributed by atoms with E-state index in [-0.39, 0.29) is 57.9 Å². The smallest absolute Gasteiger partial charge is 0.347 e. The number of carbonyl (C=O) groups excluding carboxylic acids is 2. The predicted molar refractivity (Wildman–Crippen MR) is 105 cm³/mol. The van der Waals surface area contributed by atoms with Crippen LogP contribution in [0.5, 0.6) is 11.5 Å². The second kappa shape index (κ2) is 11.8. The summed E-state index contributed by atoms with van der Waals surface area (Å²) in [7, 11) is -4.94. The Kier molecular flexibility index (Phi) is 10.6. The minimum atomic E-state index is -4.94. The molecule has 1 unspecified atom stereocenters. The van der Waals surface area contributed by atoms with E-state index in [0.717, 1.165) is 11.3 Å². The first-order valence-corrected chi connectivity index (χ1v) is 9.89. The molecule has 2 aromatic rings. The number of hydrogen-bond acceptors (Lipinski definition) is 4. The van der Waals surface area contributed by atoms with E-state index in [2.05, 4.69) is 5.32 Å². The summed E-state index contributed by atoms with van der Waals surface area (Å²) in [4.78, 5) is 40.9.